The van der Waals surface area contributed by atoms with Crippen LogP contribution in [-0.2, 0) is 0 Å². The van der Waals surface area contributed by atoms with Crippen LogP contribution in [-0.4, -0.2) is 31.6 Å². The maximum Gasteiger partial charge on any atom is 0.219 e. The molecule has 0 amide bonds. The van der Waals surface area contributed by atoms with E-state index < -0.39 is 0 Å². The van der Waals surface area contributed by atoms with Crippen LogP contribution in [0.1, 0.15) is 5.82 Å². The summed E-state index contributed by atoms with van der Waals surface area (Å²) in [5.74, 6) is 1.96. The van der Waals surface area contributed by atoms with Crippen molar-refractivity contribution in [2.75, 3.05) is 12.8 Å². The van der Waals surface area contributed by atoms with Gasteiger partial charge >= 0.3 is 0 Å². The lowest BCUT2D eigenvalue weighted by atomic mass is 10.1. The molecule has 5 rings (SSSR count). The summed E-state index contributed by atoms with van der Waals surface area (Å²) in [6.07, 6.45) is 5.27. The molecule has 0 fully saturated rings. The van der Waals surface area contributed by atoms with Crippen LogP contribution >= 0.6 is 0 Å². The molecule has 29 heavy (non-hydrogen) atoms. The SMILES string of the molecule is COc1ccc(-n2c(C)nc3cnc4ccc(-c5cnc(N)nc5)cc4c32)cc1. The van der Waals surface area contributed by atoms with Crippen LogP contribution < -0.4 is 10.5 Å². The van der Waals surface area contributed by atoms with Gasteiger partial charge in [-0.15, -0.1) is 0 Å². The van der Waals surface area contributed by atoms with Gasteiger partial charge in [-0.1, -0.05) is 6.07 Å². The number of hydrogen-bond donors (Lipinski definition) is 1. The molecule has 0 radical (unpaired) electrons. The van der Waals surface area contributed by atoms with Crippen LogP contribution in [0.5, 0.6) is 5.75 Å². The number of methoxy groups -OCH3 is 1. The van der Waals surface area contributed by atoms with Gasteiger partial charge in [0.2, 0.25) is 5.95 Å². The zero-order valence-corrected chi connectivity index (χ0v) is 16.0. The summed E-state index contributed by atoms with van der Waals surface area (Å²) in [4.78, 5) is 17.5. The van der Waals surface area contributed by atoms with Crippen molar-refractivity contribution < 1.29 is 4.74 Å². The number of hydrogen-bond acceptors (Lipinski definition) is 6. The van der Waals surface area contributed by atoms with Gasteiger partial charge in [-0.2, -0.15) is 0 Å². The standard InChI is InChI=1S/C22H18N6O/c1-13-27-20-12-24-19-8-3-14(15-10-25-22(23)26-11-15)9-18(19)21(20)28(13)16-4-6-17(29-2)7-5-16/h3-12H,1-2H3,(H2,23,25,26). The lowest BCUT2D eigenvalue weighted by Crippen LogP contribution is -1.98. The van der Waals surface area contributed by atoms with Crippen molar-refractivity contribution in [1.82, 2.24) is 24.5 Å². The number of benzene rings is 2. The fraction of sp³-hybridized carbons (Fsp3) is 0.0909. The Balaban J connectivity index is 1.78. The van der Waals surface area contributed by atoms with Gasteiger partial charge in [0, 0.05) is 29.0 Å². The molecule has 5 aromatic rings. The first-order valence-corrected chi connectivity index (χ1v) is 9.14. The van der Waals surface area contributed by atoms with Crippen molar-refractivity contribution >= 4 is 27.9 Å². The summed E-state index contributed by atoms with van der Waals surface area (Å²) in [5.41, 5.74) is 11.3. The van der Waals surface area contributed by atoms with Crippen LogP contribution in [0.15, 0.2) is 61.1 Å². The third-order valence-electron chi connectivity index (χ3n) is 4.99. The van der Waals surface area contributed by atoms with E-state index in [4.69, 9.17) is 15.5 Å². The van der Waals surface area contributed by atoms with Crippen molar-refractivity contribution in [2.24, 2.45) is 0 Å². The summed E-state index contributed by atoms with van der Waals surface area (Å²) >= 11 is 0. The monoisotopic (exact) mass is 382 g/mol. The number of imidazole rings is 1. The summed E-state index contributed by atoms with van der Waals surface area (Å²) in [6.45, 7) is 1.99. The van der Waals surface area contributed by atoms with Crippen LogP contribution in [0.25, 0.3) is 38.8 Å². The highest BCUT2D eigenvalue weighted by atomic mass is 16.5. The Morgan fingerprint density at radius 3 is 2.34 bits per heavy atom. The number of ether oxygens (including phenoxy) is 1. The number of nitrogens with zero attached hydrogens (tertiary/aromatic N) is 5. The molecule has 7 nitrogen and oxygen atoms in total. The number of fused-ring (bicyclic) bond motifs is 3. The van der Waals surface area contributed by atoms with Gasteiger partial charge in [0.1, 0.15) is 17.1 Å². The zero-order valence-electron chi connectivity index (χ0n) is 16.0. The zero-order chi connectivity index (χ0) is 20.0. The lowest BCUT2D eigenvalue weighted by Gasteiger charge is -2.10. The molecule has 2 N–H and O–H groups in total. The average Bonchev–Trinajstić information content (AvgIpc) is 3.10. The second-order valence-corrected chi connectivity index (χ2v) is 6.75. The fourth-order valence-electron chi connectivity index (χ4n) is 3.58. The van der Waals surface area contributed by atoms with Gasteiger partial charge in [-0.05, 0) is 48.9 Å². The average molecular weight is 382 g/mol. The molecule has 0 bridgehead atoms. The smallest absolute Gasteiger partial charge is 0.219 e. The second-order valence-electron chi connectivity index (χ2n) is 6.75. The largest absolute Gasteiger partial charge is 0.497 e. The highest BCUT2D eigenvalue weighted by Crippen LogP contribution is 2.31. The van der Waals surface area contributed by atoms with E-state index in [-0.39, 0.29) is 5.95 Å². The minimum Gasteiger partial charge on any atom is -0.497 e. The first kappa shape index (κ1) is 17.1. The van der Waals surface area contributed by atoms with Crippen molar-refractivity contribution in [3.63, 3.8) is 0 Å². The summed E-state index contributed by atoms with van der Waals surface area (Å²) in [7, 11) is 1.66. The Morgan fingerprint density at radius 1 is 0.862 bits per heavy atom. The Kier molecular flexibility index (Phi) is 3.87. The van der Waals surface area contributed by atoms with E-state index in [9.17, 15) is 0 Å². The number of aryl methyl sites for hydroxylation is 1. The van der Waals surface area contributed by atoms with Gasteiger partial charge in [0.25, 0.3) is 0 Å². The maximum absolute atomic E-state index is 5.62. The predicted molar refractivity (Wildman–Crippen MR) is 113 cm³/mol. The number of aromatic nitrogens is 5. The van der Waals surface area contributed by atoms with Crippen LogP contribution in [0.4, 0.5) is 5.95 Å². The highest BCUT2D eigenvalue weighted by Gasteiger charge is 2.14. The first-order chi connectivity index (χ1) is 14.1. The van der Waals surface area contributed by atoms with E-state index in [1.807, 2.05) is 49.5 Å². The normalized spacial score (nSPS) is 11.2. The number of pyridine rings is 1. The highest BCUT2D eigenvalue weighted by molar-refractivity contribution is 6.04. The molecule has 142 valence electrons. The molecule has 3 aromatic heterocycles. The molecule has 0 aliphatic rings. The number of nitrogen functional groups attached to an aromatic ring is 1. The molecular formula is C22H18N6O. The molecule has 3 heterocycles. The molecule has 0 aliphatic heterocycles. The molecule has 0 spiro atoms. The van der Waals surface area contributed by atoms with Gasteiger partial charge in [-0.25, -0.2) is 15.0 Å². The van der Waals surface area contributed by atoms with E-state index in [1.54, 1.807) is 19.5 Å². The first-order valence-electron chi connectivity index (χ1n) is 9.14. The lowest BCUT2D eigenvalue weighted by molar-refractivity contribution is 0.415. The quantitative estimate of drug-likeness (QED) is 0.508. The number of rotatable bonds is 3. The van der Waals surface area contributed by atoms with Gasteiger partial charge in [0.05, 0.1) is 24.3 Å². The van der Waals surface area contributed by atoms with E-state index in [0.717, 1.165) is 50.3 Å². The maximum atomic E-state index is 5.62. The summed E-state index contributed by atoms with van der Waals surface area (Å²) in [6, 6.07) is 14.1. The molecule has 0 saturated heterocycles. The number of anilines is 1. The van der Waals surface area contributed by atoms with E-state index in [1.165, 1.54) is 0 Å². The fourth-order valence-corrected chi connectivity index (χ4v) is 3.58. The Morgan fingerprint density at radius 2 is 1.62 bits per heavy atom. The summed E-state index contributed by atoms with van der Waals surface area (Å²) < 4.78 is 7.43. The molecule has 0 aliphatic carbocycles. The molecule has 7 heteroatoms. The molecule has 0 unspecified atom stereocenters. The van der Waals surface area contributed by atoms with Crippen molar-refractivity contribution in [2.45, 2.75) is 6.92 Å². The topological polar surface area (TPSA) is 91.7 Å². The van der Waals surface area contributed by atoms with E-state index in [2.05, 4.69) is 25.6 Å². The molecule has 0 saturated carbocycles. The van der Waals surface area contributed by atoms with Gasteiger partial charge < -0.3 is 10.5 Å². The van der Waals surface area contributed by atoms with Crippen LogP contribution in [0.2, 0.25) is 0 Å². The minimum absolute atomic E-state index is 0.256. The second kappa shape index (κ2) is 6.56. The van der Waals surface area contributed by atoms with Crippen molar-refractivity contribution in [3.8, 4) is 22.6 Å². The van der Waals surface area contributed by atoms with E-state index in [0.29, 0.717) is 0 Å². The van der Waals surface area contributed by atoms with Crippen LogP contribution in [0, 0.1) is 6.92 Å². The molecule has 0 atom stereocenters. The van der Waals surface area contributed by atoms with E-state index >= 15 is 0 Å². The minimum atomic E-state index is 0.256. The third kappa shape index (κ3) is 2.84. The van der Waals surface area contributed by atoms with Gasteiger partial charge in [-0.3, -0.25) is 9.55 Å². The third-order valence-corrected chi connectivity index (χ3v) is 4.99. The Labute approximate surface area is 166 Å². The van der Waals surface area contributed by atoms with Crippen molar-refractivity contribution in [1.29, 1.82) is 0 Å². The predicted octanol–water partition coefficient (Wildman–Crippen LogP) is 3.93. The molecule has 2 aromatic carbocycles. The Bertz CT molecular complexity index is 1340. The molecular weight excluding hydrogens is 364 g/mol. The Hall–Kier alpha value is -4.00. The van der Waals surface area contributed by atoms with Crippen LogP contribution in [0.3, 0.4) is 0 Å². The van der Waals surface area contributed by atoms with Gasteiger partial charge in [0.15, 0.2) is 0 Å². The number of nitrogens with two attached hydrogens (primary N) is 1. The summed E-state index contributed by atoms with van der Waals surface area (Å²) in [5, 5.41) is 1.01. The van der Waals surface area contributed by atoms with Crippen molar-refractivity contribution in [3.05, 3.63) is 66.9 Å².